The zero-order chi connectivity index (χ0) is 24.4. The average molecular weight is 482 g/mol. The summed E-state index contributed by atoms with van der Waals surface area (Å²) < 4.78 is 46.8. The Morgan fingerprint density at radius 1 is 1.03 bits per heavy atom. The maximum atomic E-state index is 13.8. The van der Waals surface area contributed by atoms with E-state index in [1.807, 2.05) is 31.2 Å². The molecule has 2 aliphatic rings. The van der Waals surface area contributed by atoms with Gasteiger partial charge in [-0.25, -0.2) is 13.8 Å². The van der Waals surface area contributed by atoms with Gasteiger partial charge in [0, 0.05) is 42.5 Å². The van der Waals surface area contributed by atoms with E-state index >= 15 is 0 Å². The average Bonchev–Trinajstić information content (AvgIpc) is 3.21. The quantitative estimate of drug-likeness (QED) is 0.272. The monoisotopic (exact) mass is 481 g/mol. The van der Waals surface area contributed by atoms with Gasteiger partial charge in [-0.3, -0.25) is 4.90 Å². The number of aromatic nitrogens is 1. The van der Waals surface area contributed by atoms with Gasteiger partial charge in [0.15, 0.2) is 11.6 Å². The van der Waals surface area contributed by atoms with Gasteiger partial charge in [0.05, 0.1) is 12.2 Å². The Balaban J connectivity index is 1.26. The van der Waals surface area contributed by atoms with Crippen molar-refractivity contribution >= 4 is 5.71 Å². The number of piperidine rings is 1. The van der Waals surface area contributed by atoms with Crippen molar-refractivity contribution in [2.45, 2.75) is 38.5 Å². The number of halogens is 3. The summed E-state index contributed by atoms with van der Waals surface area (Å²) in [7, 11) is 0. The van der Waals surface area contributed by atoms with Crippen LogP contribution in [0.2, 0.25) is 0 Å². The highest BCUT2D eigenvalue weighted by Crippen LogP contribution is 2.44. The van der Waals surface area contributed by atoms with Crippen LogP contribution < -0.4 is 0 Å². The standard InChI is InChI=1S/C27H26F3N3O2/c1-2-35-32-26(20-7-8-23(28)24(29)13-20)19-5-3-18(4-6-19)16-33-11-9-27(10-12-33)22-15-31-25(30)14-21(22)17-34-27/h3-8,13-15H,2,9-12,16-17H2,1H3. The molecule has 0 amide bonds. The van der Waals surface area contributed by atoms with Crippen molar-refractivity contribution < 1.29 is 22.7 Å². The van der Waals surface area contributed by atoms with Gasteiger partial charge in [-0.15, -0.1) is 0 Å². The van der Waals surface area contributed by atoms with E-state index in [2.05, 4.69) is 15.0 Å². The topological polar surface area (TPSA) is 47.0 Å². The van der Waals surface area contributed by atoms with Gasteiger partial charge in [-0.1, -0.05) is 29.4 Å². The minimum Gasteiger partial charge on any atom is -0.396 e. The molecule has 182 valence electrons. The molecule has 1 fully saturated rings. The van der Waals surface area contributed by atoms with E-state index in [-0.39, 0.29) is 5.60 Å². The lowest BCUT2D eigenvalue weighted by atomic mass is 9.84. The Bertz CT molecular complexity index is 1240. The number of oxime groups is 1. The highest BCUT2D eigenvalue weighted by molar-refractivity contribution is 6.12. The fourth-order valence-corrected chi connectivity index (χ4v) is 4.85. The normalized spacial score (nSPS) is 17.5. The molecule has 0 atom stereocenters. The number of likely N-dealkylation sites (tertiary alicyclic amines) is 1. The Morgan fingerprint density at radius 2 is 1.77 bits per heavy atom. The van der Waals surface area contributed by atoms with Crippen LogP contribution in [0.15, 0.2) is 59.9 Å². The van der Waals surface area contributed by atoms with Crippen LogP contribution in [0.1, 0.15) is 47.6 Å². The lowest BCUT2D eigenvalue weighted by molar-refractivity contribution is -0.0800. The smallest absolute Gasteiger partial charge is 0.213 e. The molecule has 1 aromatic heterocycles. The molecule has 0 bridgehead atoms. The van der Waals surface area contributed by atoms with E-state index in [4.69, 9.17) is 9.57 Å². The van der Waals surface area contributed by atoms with Crippen LogP contribution >= 0.6 is 0 Å². The van der Waals surface area contributed by atoms with Crippen molar-refractivity contribution in [3.63, 3.8) is 0 Å². The van der Waals surface area contributed by atoms with Gasteiger partial charge in [-0.2, -0.15) is 4.39 Å². The fourth-order valence-electron chi connectivity index (χ4n) is 4.85. The van der Waals surface area contributed by atoms with Gasteiger partial charge in [0.25, 0.3) is 0 Å². The Morgan fingerprint density at radius 3 is 2.49 bits per heavy atom. The van der Waals surface area contributed by atoms with Gasteiger partial charge in [0.1, 0.15) is 12.3 Å². The zero-order valence-electron chi connectivity index (χ0n) is 19.4. The van der Waals surface area contributed by atoms with E-state index in [1.54, 1.807) is 6.20 Å². The molecule has 1 saturated heterocycles. The summed E-state index contributed by atoms with van der Waals surface area (Å²) in [5.41, 5.74) is 4.31. The third kappa shape index (κ3) is 4.81. The minimum atomic E-state index is -0.930. The van der Waals surface area contributed by atoms with Crippen LogP contribution in [0.5, 0.6) is 0 Å². The van der Waals surface area contributed by atoms with E-state index in [9.17, 15) is 13.2 Å². The number of hydrogen-bond donors (Lipinski definition) is 0. The number of pyridine rings is 1. The van der Waals surface area contributed by atoms with Crippen LogP contribution in [0.3, 0.4) is 0 Å². The maximum Gasteiger partial charge on any atom is 0.213 e. The molecule has 35 heavy (non-hydrogen) atoms. The van der Waals surface area contributed by atoms with Crippen LogP contribution in [-0.4, -0.2) is 35.3 Å². The van der Waals surface area contributed by atoms with Crippen LogP contribution in [0.25, 0.3) is 0 Å². The molecule has 3 aromatic rings. The van der Waals surface area contributed by atoms with E-state index in [1.165, 1.54) is 12.1 Å². The molecule has 2 aromatic carbocycles. The predicted octanol–water partition coefficient (Wildman–Crippen LogP) is 5.31. The summed E-state index contributed by atoms with van der Waals surface area (Å²) in [5, 5.41) is 4.14. The Hall–Kier alpha value is -3.23. The maximum absolute atomic E-state index is 13.8. The predicted molar refractivity (Wildman–Crippen MR) is 125 cm³/mol. The molecule has 0 unspecified atom stereocenters. The summed E-state index contributed by atoms with van der Waals surface area (Å²) in [6.45, 7) is 5.08. The van der Waals surface area contributed by atoms with Crippen molar-refractivity contribution in [3.8, 4) is 0 Å². The second-order valence-electron chi connectivity index (χ2n) is 8.91. The first-order valence-electron chi connectivity index (χ1n) is 11.7. The van der Waals surface area contributed by atoms with Gasteiger partial charge in [0.2, 0.25) is 5.95 Å². The number of rotatable bonds is 6. The van der Waals surface area contributed by atoms with Crippen LogP contribution in [-0.2, 0) is 28.3 Å². The number of hydrogen-bond acceptors (Lipinski definition) is 5. The van der Waals surface area contributed by atoms with Crippen LogP contribution in [0, 0.1) is 17.6 Å². The third-order valence-electron chi connectivity index (χ3n) is 6.73. The third-order valence-corrected chi connectivity index (χ3v) is 6.73. The number of nitrogens with zero attached hydrogens (tertiary/aromatic N) is 3. The Labute approximate surface area is 202 Å². The van der Waals surface area contributed by atoms with Crippen molar-refractivity contribution in [1.82, 2.24) is 9.88 Å². The van der Waals surface area contributed by atoms with E-state index in [0.29, 0.717) is 24.5 Å². The molecule has 2 aliphatic heterocycles. The summed E-state index contributed by atoms with van der Waals surface area (Å²) in [6.07, 6.45) is 3.28. The van der Waals surface area contributed by atoms with Crippen molar-refractivity contribution in [3.05, 3.63) is 100 Å². The first-order chi connectivity index (χ1) is 17.0. The summed E-state index contributed by atoms with van der Waals surface area (Å²) in [5.74, 6) is -2.30. The van der Waals surface area contributed by atoms with Gasteiger partial charge in [-0.05, 0) is 55.2 Å². The lowest BCUT2D eigenvalue weighted by Crippen LogP contribution is -2.42. The highest BCUT2D eigenvalue weighted by Gasteiger charge is 2.43. The number of fused-ring (bicyclic) bond motifs is 2. The second kappa shape index (κ2) is 9.79. The molecule has 0 saturated carbocycles. The highest BCUT2D eigenvalue weighted by atomic mass is 19.2. The van der Waals surface area contributed by atoms with E-state index < -0.39 is 17.6 Å². The molecule has 0 N–H and O–H groups in total. The summed E-state index contributed by atoms with van der Waals surface area (Å²) in [6, 6.07) is 13.0. The van der Waals surface area contributed by atoms with Gasteiger partial charge >= 0.3 is 0 Å². The minimum absolute atomic E-state index is 0.362. The lowest BCUT2D eigenvalue weighted by Gasteiger charge is -2.39. The molecule has 5 rings (SSSR count). The fraction of sp³-hybridized carbons (Fsp3) is 0.333. The molecule has 0 aliphatic carbocycles. The van der Waals surface area contributed by atoms with Crippen molar-refractivity contribution in [1.29, 1.82) is 0 Å². The molecule has 5 nitrogen and oxygen atoms in total. The second-order valence-corrected chi connectivity index (χ2v) is 8.91. The van der Waals surface area contributed by atoms with Crippen LogP contribution in [0.4, 0.5) is 13.2 Å². The summed E-state index contributed by atoms with van der Waals surface area (Å²) in [4.78, 5) is 11.4. The summed E-state index contributed by atoms with van der Waals surface area (Å²) >= 11 is 0. The SMILES string of the molecule is CCON=C(c1ccc(CN2CCC3(CC2)OCc2cc(F)ncc23)cc1)c1ccc(F)c(F)c1. The number of ether oxygens (including phenoxy) is 1. The van der Waals surface area contributed by atoms with Crippen molar-refractivity contribution in [2.24, 2.45) is 5.16 Å². The zero-order valence-corrected chi connectivity index (χ0v) is 19.4. The molecular formula is C27H26F3N3O2. The number of benzene rings is 2. The van der Waals surface area contributed by atoms with Gasteiger partial charge < -0.3 is 9.57 Å². The molecule has 8 heteroatoms. The molecule has 1 spiro atoms. The molecular weight excluding hydrogens is 455 g/mol. The molecule has 0 radical (unpaired) electrons. The van der Waals surface area contributed by atoms with Crippen molar-refractivity contribution in [2.75, 3.05) is 19.7 Å². The first-order valence-corrected chi connectivity index (χ1v) is 11.7. The first kappa shape index (κ1) is 23.5. The largest absolute Gasteiger partial charge is 0.396 e. The molecule has 3 heterocycles. The Kier molecular flexibility index (Phi) is 6.58. The van der Waals surface area contributed by atoms with E-state index in [0.717, 1.165) is 66.9 Å².